The number of fused-ring (bicyclic) bond motifs is 1. The molecule has 0 unspecified atom stereocenters. The number of nitrogens with one attached hydrogen (secondary N) is 1. The topological polar surface area (TPSA) is 82.1 Å². The van der Waals surface area contributed by atoms with E-state index in [9.17, 15) is 19.1 Å². The molecule has 2 N–H and O–H groups in total. The van der Waals surface area contributed by atoms with Gasteiger partial charge in [-0.2, -0.15) is 0 Å². The van der Waals surface area contributed by atoms with Crippen LogP contribution >= 0.6 is 0 Å². The minimum absolute atomic E-state index is 0.0687. The first-order valence-corrected chi connectivity index (χ1v) is 10.3. The van der Waals surface area contributed by atoms with Gasteiger partial charge in [-0.3, -0.25) is 4.79 Å². The van der Waals surface area contributed by atoms with Crippen LogP contribution in [0.5, 0.6) is 0 Å². The number of nitrogens with zero attached hydrogens (tertiary/aromatic N) is 2. The molecule has 8 heteroatoms. The second-order valence-electron chi connectivity index (χ2n) is 7.82. The van der Waals surface area contributed by atoms with Gasteiger partial charge in [-0.1, -0.05) is 24.0 Å². The number of benzene rings is 2. The number of ether oxygens (including phenoxy) is 1. The molecule has 2 aliphatic heterocycles. The SMILES string of the molecule is COCC#Cc1ccc([C@@H]2[C@@H](CO)N3C(=O)CN(C(=O)Nc4ccc(F)cc4)C[C@@H]23)cc1. The fourth-order valence-electron chi connectivity index (χ4n) is 4.39. The number of methoxy groups -OCH3 is 1. The molecule has 0 saturated carbocycles. The van der Waals surface area contributed by atoms with Gasteiger partial charge in [-0.05, 0) is 42.0 Å². The van der Waals surface area contributed by atoms with Gasteiger partial charge in [0.1, 0.15) is 19.0 Å². The van der Waals surface area contributed by atoms with Crippen LogP contribution in [0.2, 0.25) is 0 Å². The minimum Gasteiger partial charge on any atom is -0.394 e. The number of hydrogen-bond donors (Lipinski definition) is 2. The number of anilines is 1. The van der Waals surface area contributed by atoms with Crippen LogP contribution in [0.1, 0.15) is 17.0 Å². The Morgan fingerprint density at radius 2 is 1.94 bits per heavy atom. The van der Waals surface area contributed by atoms with Gasteiger partial charge in [-0.25, -0.2) is 9.18 Å². The van der Waals surface area contributed by atoms with Crippen molar-refractivity contribution in [3.05, 3.63) is 65.5 Å². The monoisotopic (exact) mass is 437 g/mol. The summed E-state index contributed by atoms with van der Waals surface area (Å²) in [5, 5.41) is 12.6. The van der Waals surface area contributed by atoms with Crippen molar-refractivity contribution >= 4 is 17.6 Å². The number of aliphatic hydroxyl groups is 1. The predicted octanol–water partition coefficient (Wildman–Crippen LogP) is 2.03. The minimum atomic E-state index is -0.417. The van der Waals surface area contributed by atoms with Crippen LogP contribution in [0.3, 0.4) is 0 Å². The Balaban J connectivity index is 1.48. The molecular formula is C24H24FN3O4. The zero-order valence-corrected chi connectivity index (χ0v) is 17.6. The predicted molar refractivity (Wildman–Crippen MR) is 116 cm³/mol. The van der Waals surface area contributed by atoms with E-state index in [1.807, 2.05) is 24.3 Å². The normalized spacial score (nSPS) is 21.8. The molecule has 3 amide bonds. The Labute approximate surface area is 185 Å². The molecule has 7 nitrogen and oxygen atoms in total. The maximum Gasteiger partial charge on any atom is 0.322 e. The maximum absolute atomic E-state index is 13.1. The van der Waals surface area contributed by atoms with Gasteiger partial charge in [0, 0.05) is 30.8 Å². The van der Waals surface area contributed by atoms with Crippen LogP contribution in [0.15, 0.2) is 48.5 Å². The summed E-state index contributed by atoms with van der Waals surface area (Å²) in [5.41, 5.74) is 2.29. The number of piperazine rings is 1. The number of hydrogen-bond acceptors (Lipinski definition) is 4. The Kier molecular flexibility index (Phi) is 6.40. The average molecular weight is 437 g/mol. The van der Waals surface area contributed by atoms with Crippen molar-refractivity contribution < 1.29 is 23.8 Å². The molecule has 2 fully saturated rings. The molecule has 2 aromatic carbocycles. The average Bonchev–Trinajstić information content (AvgIpc) is 2.78. The van der Waals surface area contributed by atoms with E-state index in [0.29, 0.717) is 18.8 Å². The molecule has 2 heterocycles. The molecule has 2 saturated heterocycles. The summed E-state index contributed by atoms with van der Waals surface area (Å²) >= 11 is 0. The van der Waals surface area contributed by atoms with Crippen molar-refractivity contribution in [3.8, 4) is 11.8 Å². The Hall–Kier alpha value is -3.41. The highest BCUT2D eigenvalue weighted by molar-refractivity contribution is 5.93. The van der Waals surface area contributed by atoms with Crippen LogP contribution in [0.4, 0.5) is 14.9 Å². The molecule has 2 aromatic rings. The summed E-state index contributed by atoms with van der Waals surface area (Å²) in [4.78, 5) is 28.6. The highest BCUT2D eigenvalue weighted by atomic mass is 19.1. The summed E-state index contributed by atoms with van der Waals surface area (Å²) in [5.74, 6) is 5.23. The summed E-state index contributed by atoms with van der Waals surface area (Å²) in [6.45, 7) is 0.478. The quantitative estimate of drug-likeness (QED) is 0.718. The van der Waals surface area contributed by atoms with E-state index in [1.165, 1.54) is 29.2 Å². The molecule has 32 heavy (non-hydrogen) atoms. The van der Waals surface area contributed by atoms with E-state index in [-0.39, 0.29) is 37.1 Å². The van der Waals surface area contributed by atoms with Gasteiger partial charge >= 0.3 is 6.03 Å². The van der Waals surface area contributed by atoms with Gasteiger partial charge in [-0.15, -0.1) is 0 Å². The van der Waals surface area contributed by atoms with Gasteiger partial charge in [0.25, 0.3) is 0 Å². The second kappa shape index (κ2) is 9.39. The molecule has 2 aliphatic rings. The lowest BCUT2D eigenvalue weighted by Crippen LogP contribution is -2.73. The standard InChI is InChI=1S/C24H24FN3O4/c1-32-12-2-3-16-4-6-17(7-5-16)23-20-13-27(14-22(30)28(20)21(23)15-29)24(31)26-19-10-8-18(25)9-11-19/h4-11,20-21,23,29H,12-15H2,1H3,(H,26,31)/t20-,21+,23-/m0/s1. The third-order valence-corrected chi connectivity index (χ3v) is 5.88. The largest absolute Gasteiger partial charge is 0.394 e. The van der Waals surface area contributed by atoms with E-state index in [1.54, 1.807) is 12.0 Å². The first-order chi connectivity index (χ1) is 15.5. The zero-order chi connectivity index (χ0) is 22.7. The summed E-state index contributed by atoms with van der Waals surface area (Å²) in [6, 6.07) is 12.2. The number of carbonyl (C=O) groups is 2. The van der Waals surface area contributed by atoms with E-state index in [4.69, 9.17) is 4.74 Å². The van der Waals surface area contributed by atoms with Crippen LogP contribution in [0, 0.1) is 17.7 Å². The lowest BCUT2D eigenvalue weighted by molar-refractivity contribution is -0.159. The molecular weight excluding hydrogens is 413 g/mol. The summed E-state index contributed by atoms with van der Waals surface area (Å²) in [6.07, 6.45) is 0. The molecule has 0 radical (unpaired) electrons. The van der Waals surface area contributed by atoms with Crippen LogP contribution < -0.4 is 5.32 Å². The first-order valence-electron chi connectivity index (χ1n) is 10.3. The smallest absolute Gasteiger partial charge is 0.322 e. The fraction of sp³-hybridized carbons (Fsp3) is 0.333. The third-order valence-electron chi connectivity index (χ3n) is 5.88. The lowest BCUT2D eigenvalue weighted by Gasteiger charge is -2.58. The highest BCUT2D eigenvalue weighted by Crippen LogP contribution is 2.42. The second-order valence-corrected chi connectivity index (χ2v) is 7.82. The number of halogens is 1. The van der Waals surface area contributed by atoms with Crippen LogP contribution in [-0.4, -0.2) is 72.3 Å². The molecule has 0 aliphatic carbocycles. The zero-order valence-electron chi connectivity index (χ0n) is 17.6. The number of amides is 3. The van der Waals surface area contributed by atoms with Crippen molar-refractivity contribution in [2.45, 2.75) is 18.0 Å². The number of aliphatic hydroxyl groups excluding tert-OH is 1. The molecule has 0 aromatic heterocycles. The third kappa shape index (κ3) is 4.31. The van der Waals surface area contributed by atoms with Crippen molar-refractivity contribution in [1.82, 2.24) is 9.80 Å². The molecule has 3 atom stereocenters. The van der Waals surface area contributed by atoms with Crippen molar-refractivity contribution in [3.63, 3.8) is 0 Å². The van der Waals surface area contributed by atoms with Gasteiger partial charge < -0.3 is 25.0 Å². The molecule has 0 bridgehead atoms. The molecule has 166 valence electrons. The van der Waals surface area contributed by atoms with Crippen LogP contribution in [-0.2, 0) is 9.53 Å². The van der Waals surface area contributed by atoms with E-state index in [0.717, 1.165) is 11.1 Å². The number of carbonyl (C=O) groups excluding carboxylic acids is 2. The van der Waals surface area contributed by atoms with Crippen molar-refractivity contribution in [2.75, 3.05) is 38.7 Å². The van der Waals surface area contributed by atoms with Crippen molar-refractivity contribution in [2.24, 2.45) is 0 Å². The Morgan fingerprint density at radius 3 is 2.59 bits per heavy atom. The Bertz CT molecular complexity index is 1050. The van der Waals surface area contributed by atoms with Gasteiger partial charge in [0.05, 0.1) is 18.7 Å². The maximum atomic E-state index is 13.1. The van der Waals surface area contributed by atoms with Crippen LogP contribution in [0.25, 0.3) is 0 Å². The summed E-state index contributed by atoms with van der Waals surface area (Å²) in [7, 11) is 1.59. The highest BCUT2D eigenvalue weighted by Gasteiger charge is 2.54. The number of urea groups is 1. The molecule has 4 rings (SSSR count). The number of rotatable bonds is 4. The van der Waals surface area contributed by atoms with E-state index < -0.39 is 11.8 Å². The van der Waals surface area contributed by atoms with E-state index >= 15 is 0 Å². The fourth-order valence-corrected chi connectivity index (χ4v) is 4.39. The van der Waals surface area contributed by atoms with Crippen molar-refractivity contribution in [1.29, 1.82) is 0 Å². The van der Waals surface area contributed by atoms with Gasteiger partial charge in [0.15, 0.2) is 0 Å². The van der Waals surface area contributed by atoms with Gasteiger partial charge in [0.2, 0.25) is 5.91 Å². The molecule has 0 spiro atoms. The lowest BCUT2D eigenvalue weighted by atomic mass is 9.73. The first kappa shape index (κ1) is 21.8. The van der Waals surface area contributed by atoms with E-state index in [2.05, 4.69) is 17.2 Å². The Morgan fingerprint density at radius 1 is 1.22 bits per heavy atom. The summed E-state index contributed by atoms with van der Waals surface area (Å²) < 4.78 is 18.0.